The second-order valence-corrected chi connectivity index (χ2v) is 6.18. The van der Waals surface area contributed by atoms with E-state index in [1.165, 1.54) is 17.7 Å². The van der Waals surface area contributed by atoms with Crippen LogP contribution in [0.5, 0.6) is 5.75 Å². The van der Waals surface area contributed by atoms with Crippen LogP contribution in [-0.4, -0.2) is 36.1 Å². The molecule has 0 aliphatic carbocycles. The van der Waals surface area contributed by atoms with Crippen LogP contribution in [0.25, 0.3) is 0 Å². The Morgan fingerprint density at radius 2 is 2.00 bits per heavy atom. The first-order valence-electron chi connectivity index (χ1n) is 8.42. The average Bonchev–Trinajstić information content (AvgIpc) is 2.61. The van der Waals surface area contributed by atoms with Crippen molar-refractivity contribution in [3.63, 3.8) is 0 Å². The monoisotopic (exact) mass is 332 g/mol. The first-order chi connectivity index (χ1) is 11.7. The molecule has 0 unspecified atom stereocenters. The lowest BCUT2D eigenvalue weighted by atomic mass is 9.90. The van der Waals surface area contributed by atoms with Gasteiger partial charge >= 0.3 is 0 Å². The molecule has 1 aromatic carbocycles. The molecule has 0 amide bonds. The molecule has 24 heavy (non-hydrogen) atoms. The lowest BCUT2D eigenvalue weighted by Crippen LogP contribution is -2.34. The summed E-state index contributed by atoms with van der Waals surface area (Å²) in [5.41, 5.74) is 1.33. The number of benzene rings is 1. The molecule has 0 radical (unpaired) electrons. The molecule has 2 aromatic rings. The van der Waals surface area contributed by atoms with E-state index in [4.69, 9.17) is 4.74 Å². The molecule has 0 saturated carbocycles. The second kappa shape index (κ2) is 8.20. The molecule has 3 nitrogen and oxygen atoms in total. The molecule has 5 heteroatoms. The Hall–Kier alpha value is -2.01. The number of pyridine rings is 1. The summed E-state index contributed by atoms with van der Waals surface area (Å²) in [6.45, 7) is 3.49. The van der Waals surface area contributed by atoms with E-state index in [0.717, 1.165) is 45.0 Å². The lowest BCUT2D eigenvalue weighted by molar-refractivity contribution is 0.191. The van der Waals surface area contributed by atoms with Crippen molar-refractivity contribution in [1.29, 1.82) is 0 Å². The normalized spacial score (nSPS) is 16.2. The predicted molar refractivity (Wildman–Crippen MR) is 89.1 cm³/mol. The van der Waals surface area contributed by atoms with Crippen LogP contribution in [-0.2, 0) is 0 Å². The number of hydrogen-bond acceptors (Lipinski definition) is 3. The Labute approximate surface area is 141 Å². The number of aromatic nitrogens is 1. The Kier molecular flexibility index (Phi) is 5.75. The van der Waals surface area contributed by atoms with Gasteiger partial charge in [0.15, 0.2) is 11.6 Å². The molecule has 0 atom stereocenters. The highest BCUT2D eigenvalue weighted by Gasteiger charge is 2.20. The van der Waals surface area contributed by atoms with E-state index in [9.17, 15) is 8.78 Å². The van der Waals surface area contributed by atoms with Gasteiger partial charge in [-0.1, -0.05) is 6.07 Å². The van der Waals surface area contributed by atoms with Gasteiger partial charge in [-0.05, 0) is 62.0 Å². The third-order valence-electron chi connectivity index (χ3n) is 4.51. The number of nitrogens with zero attached hydrogens (tertiary/aromatic N) is 2. The van der Waals surface area contributed by atoms with E-state index in [1.807, 2.05) is 18.5 Å². The molecule has 1 saturated heterocycles. The van der Waals surface area contributed by atoms with E-state index >= 15 is 0 Å². The summed E-state index contributed by atoms with van der Waals surface area (Å²) in [6.07, 6.45) is 6.88. The van der Waals surface area contributed by atoms with E-state index in [0.29, 0.717) is 12.5 Å². The molecule has 1 fully saturated rings. The van der Waals surface area contributed by atoms with Gasteiger partial charge in [0.2, 0.25) is 0 Å². The summed E-state index contributed by atoms with van der Waals surface area (Å²) in [7, 11) is 0. The maximum atomic E-state index is 13.5. The zero-order chi connectivity index (χ0) is 16.8. The van der Waals surface area contributed by atoms with Crippen molar-refractivity contribution < 1.29 is 13.5 Å². The summed E-state index contributed by atoms with van der Waals surface area (Å²) in [6, 6.07) is 7.54. The molecule has 0 N–H and O–H groups in total. The van der Waals surface area contributed by atoms with Gasteiger partial charge in [-0.3, -0.25) is 4.98 Å². The third kappa shape index (κ3) is 4.51. The minimum Gasteiger partial charge on any atom is -0.490 e. The van der Waals surface area contributed by atoms with Crippen LogP contribution in [0.3, 0.4) is 0 Å². The van der Waals surface area contributed by atoms with E-state index in [2.05, 4.69) is 16.0 Å². The molecule has 1 aromatic heterocycles. The summed E-state index contributed by atoms with van der Waals surface area (Å²) in [4.78, 5) is 6.61. The largest absolute Gasteiger partial charge is 0.490 e. The van der Waals surface area contributed by atoms with Gasteiger partial charge in [-0.25, -0.2) is 8.78 Å². The van der Waals surface area contributed by atoms with Gasteiger partial charge in [0.25, 0.3) is 0 Å². The van der Waals surface area contributed by atoms with Crippen LogP contribution >= 0.6 is 0 Å². The molecule has 2 heterocycles. The average molecular weight is 332 g/mol. The highest BCUT2D eigenvalue weighted by atomic mass is 19.1. The van der Waals surface area contributed by atoms with Gasteiger partial charge in [0.05, 0.1) is 6.61 Å². The Bertz CT molecular complexity index is 643. The van der Waals surface area contributed by atoms with Gasteiger partial charge in [0.1, 0.15) is 5.82 Å². The first-order valence-corrected chi connectivity index (χ1v) is 8.42. The van der Waals surface area contributed by atoms with E-state index in [-0.39, 0.29) is 5.75 Å². The number of ether oxygens (including phenoxy) is 1. The van der Waals surface area contributed by atoms with Crippen LogP contribution in [0.2, 0.25) is 0 Å². The van der Waals surface area contributed by atoms with Gasteiger partial charge < -0.3 is 9.64 Å². The highest BCUT2D eigenvalue weighted by Crippen LogP contribution is 2.27. The quantitative estimate of drug-likeness (QED) is 0.748. The molecule has 1 aliphatic heterocycles. The summed E-state index contributed by atoms with van der Waals surface area (Å²) in [5, 5.41) is 0. The third-order valence-corrected chi connectivity index (χ3v) is 4.51. The molecule has 0 bridgehead atoms. The van der Waals surface area contributed by atoms with Crippen LogP contribution in [0, 0.1) is 11.6 Å². The van der Waals surface area contributed by atoms with Gasteiger partial charge in [-0.2, -0.15) is 0 Å². The predicted octanol–water partition coefficient (Wildman–Crippen LogP) is 4.01. The number of likely N-dealkylation sites (tertiary alicyclic amines) is 1. The Morgan fingerprint density at radius 1 is 1.17 bits per heavy atom. The summed E-state index contributed by atoms with van der Waals surface area (Å²) in [5.74, 6) is -0.519. The van der Waals surface area contributed by atoms with Gasteiger partial charge in [-0.15, -0.1) is 0 Å². The molecular formula is C19H22F2N2O. The van der Waals surface area contributed by atoms with E-state index < -0.39 is 11.6 Å². The fourth-order valence-corrected chi connectivity index (χ4v) is 3.17. The molecule has 128 valence electrons. The Morgan fingerprint density at radius 3 is 2.71 bits per heavy atom. The summed E-state index contributed by atoms with van der Waals surface area (Å²) < 4.78 is 31.7. The number of halogens is 2. The van der Waals surface area contributed by atoms with Crippen LogP contribution in [0.15, 0.2) is 42.7 Å². The number of hydrogen-bond donors (Lipinski definition) is 0. The van der Waals surface area contributed by atoms with Crippen molar-refractivity contribution in [3.05, 3.63) is 59.9 Å². The smallest absolute Gasteiger partial charge is 0.167 e. The first kappa shape index (κ1) is 16.8. The van der Waals surface area contributed by atoms with Crippen molar-refractivity contribution in [3.8, 4) is 5.75 Å². The van der Waals surface area contributed by atoms with Crippen LogP contribution < -0.4 is 4.74 Å². The topological polar surface area (TPSA) is 25.4 Å². The fraction of sp³-hybridized carbons (Fsp3) is 0.421. The number of rotatable bonds is 6. The molecule has 3 rings (SSSR count). The van der Waals surface area contributed by atoms with Crippen molar-refractivity contribution in [2.45, 2.75) is 25.2 Å². The SMILES string of the molecule is Fc1ccc(OCCCN2CCC(c3cccnc3)CC2)c(F)c1. The van der Waals surface area contributed by atoms with Crippen LogP contribution in [0.1, 0.15) is 30.7 Å². The zero-order valence-electron chi connectivity index (χ0n) is 13.6. The van der Waals surface area contributed by atoms with Crippen molar-refractivity contribution in [2.24, 2.45) is 0 Å². The highest BCUT2D eigenvalue weighted by molar-refractivity contribution is 5.24. The zero-order valence-corrected chi connectivity index (χ0v) is 13.6. The fourth-order valence-electron chi connectivity index (χ4n) is 3.17. The second-order valence-electron chi connectivity index (χ2n) is 6.18. The molecule has 0 spiro atoms. The van der Waals surface area contributed by atoms with Crippen LogP contribution in [0.4, 0.5) is 8.78 Å². The van der Waals surface area contributed by atoms with Crippen molar-refractivity contribution in [2.75, 3.05) is 26.2 Å². The van der Waals surface area contributed by atoms with Gasteiger partial charge in [0, 0.05) is 25.0 Å². The Balaban J connectivity index is 1.36. The summed E-state index contributed by atoms with van der Waals surface area (Å²) >= 11 is 0. The standard InChI is InChI=1S/C19H22F2N2O/c20-17-4-5-19(18(21)13-17)24-12-2-9-23-10-6-15(7-11-23)16-3-1-8-22-14-16/h1,3-5,8,13-15H,2,6-7,9-12H2. The van der Waals surface area contributed by atoms with Crippen molar-refractivity contribution in [1.82, 2.24) is 9.88 Å². The minimum atomic E-state index is -0.646. The number of piperidine rings is 1. The molecular weight excluding hydrogens is 310 g/mol. The lowest BCUT2D eigenvalue weighted by Gasteiger charge is -2.32. The maximum absolute atomic E-state index is 13.5. The maximum Gasteiger partial charge on any atom is 0.167 e. The molecule has 1 aliphatic rings. The van der Waals surface area contributed by atoms with Crippen molar-refractivity contribution >= 4 is 0 Å². The minimum absolute atomic E-state index is 0.117. The van der Waals surface area contributed by atoms with E-state index in [1.54, 1.807) is 0 Å².